The van der Waals surface area contributed by atoms with Crippen LogP contribution in [-0.2, 0) is 32.2 Å². The van der Waals surface area contributed by atoms with Gasteiger partial charge in [-0.25, -0.2) is 0 Å². The lowest BCUT2D eigenvalue weighted by Crippen LogP contribution is -2.21. The fraction of sp³-hybridized carbons (Fsp3) is 0.567. The van der Waals surface area contributed by atoms with Crippen molar-refractivity contribution in [2.24, 2.45) is 0 Å². The Hall–Kier alpha value is -2.81. The number of hydrogen-bond donors (Lipinski definition) is 0. The summed E-state index contributed by atoms with van der Waals surface area (Å²) in [5.74, 6) is 0. The maximum absolute atomic E-state index is 8.70. The van der Waals surface area contributed by atoms with Gasteiger partial charge in [0.25, 0.3) is 0 Å². The minimum absolute atomic E-state index is 0.0292. The van der Waals surface area contributed by atoms with E-state index in [-0.39, 0.29) is 16.8 Å². The molecule has 0 radical (unpaired) electrons. The fourth-order valence-electron chi connectivity index (χ4n) is 2.39. The second-order valence-corrected chi connectivity index (χ2v) is 11.3. The molecule has 0 bridgehead atoms. The summed E-state index contributed by atoms with van der Waals surface area (Å²) in [5, 5.41) is 17.4. The van der Waals surface area contributed by atoms with E-state index in [1.54, 1.807) is 31.6 Å². The molecule has 7 nitrogen and oxygen atoms in total. The molecule has 0 aliphatic rings. The van der Waals surface area contributed by atoms with E-state index >= 15 is 0 Å². The topological polar surface area (TPSA) is 97.4 Å². The Morgan fingerprint density at radius 2 is 1.19 bits per heavy atom. The third-order valence-electron chi connectivity index (χ3n) is 4.15. The molecule has 0 spiro atoms. The maximum Gasteiger partial charge on any atom is 0.101 e. The lowest BCUT2D eigenvalue weighted by atomic mass is 10.1. The van der Waals surface area contributed by atoms with Gasteiger partial charge in [0.05, 0.1) is 60.4 Å². The molecule has 0 N–H and O–H groups in total. The Bertz CT molecular complexity index is 916. The smallest absolute Gasteiger partial charge is 0.101 e. The average molecular weight is 512 g/mol. The van der Waals surface area contributed by atoms with Crippen molar-refractivity contribution in [1.29, 1.82) is 10.5 Å². The highest BCUT2D eigenvalue weighted by molar-refractivity contribution is 5.32. The minimum atomic E-state index is -0.164. The summed E-state index contributed by atoms with van der Waals surface area (Å²) < 4.78 is 21.3. The second-order valence-electron chi connectivity index (χ2n) is 11.3. The molecule has 0 atom stereocenters. The summed E-state index contributed by atoms with van der Waals surface area (Å²) in [7, 11) is 1.67. The molecule has 1 aromatic carbocycles. The summed E-state index contributed by atoms with van der Waals surface area (Å²) in [6.07, 6.45) is 3.26. The van der Waals surface area contributed by atoms with Crippen molar-refractivity contribution in [3.63, 3.8) is 0 Å². The average Bonchev–Trinajstić information content (AvgIpc) is 2.81. The number of ether oxygens (including phenoxy) is 4. The molecule has 0 aliphatic carbocycles. The zero-order valence-electron chi connectivity index (χ0n) is 24.3. The molecule has 7 heteroatoms. The van der Waals surface area contributed by atoms with Crippen molar-refractivity contribution in [3.05, 3.63) is 65.0 Å². The van der Waals surface area contributed by atoms with E-state index in [4.69, 9.17) is 29.5 Å². The molecule has 2 rings (SSSR count). The van der Waals surface area contributed by atoms with Crippen LogP contribution in [0.2, 0.25) is 0 Å². The van der Waals surface area contributed by atoms with E-state index < -0.39 is 0 Å². The molecule has 1 aromatic heterocycles. The highest BCUT2D eigenvalue weighted by Crippen LogP contribution is 2.13. The first-order valence-electron chi connectivity index (χ1n) is 12.3. The quantitative estimate of drug-likeness (QED) is 0.387. The van der Waals surface area contributed by atoms with Gasteiger partial charge < -0.3 is 18.9 Å². The van der Waals surface area contributed by atoms with E-state index in [1.165, 1.54) is 0 Å². The standard InChI is InChI=1S/C12H15NO.C11H14N2O.C7H16O2/c1-12(2,3)14-9-11-6-4-5-10(7-11)8-13;1-11(2,3)14-8-10-4-9(5-12)6-13-7-10;1-7(2,3)9-6-5-8-4/h4-7H,9H2,1-3H3;4,6-7H,8H2,1-3H3;5-6H2,1-4H3. The molecule has 0 fully saturated rings. The molecule has 0 saturated carbocycles. The summed E-state index contributed by atoms with van der Waals surface area (Å²) >= 11 is 0. The fourth-order valence-corrected chi connectivity index (χ4v) is 2.39. The van der Waals surface area contributed by atoms with E-state index in [0.717, 1.165) is 11.1 Å². The van der Waals surface area contributed by atoms with Crippen molar-refractivity contribution in [2.45, 2.75) is 92.3 Å². The number of rotatable bonds is 7. The highest BCUT2D eigenvalue weighted by Gasteiger charge is 2.11. The SMILES string of the molecule is CC(C)(C)OCc1cccc(C#N)c1.CC(C)(C)OCc1cncc(C#N)c1.COCCOC(C)(C)C. The Kier molecular flexibility index (Phi) is 15.6. The molecule has 0 saturated heterocycles. The monoisotopic (exact) mass is 511 g/mol. The number of hydrogen-bond acceptors (Lipinski definition) is 7. The summed E-state index contributed by atoms with van der Waals surface area (Å²) in [6, 6.07) is 13.4. The lowest BCUT2D eigenvalue weighted by molar-refractivity contribution is -0.0271. The molecule has 1 heterocycles. The molecule has 2 aromatic rings. The van der Waals surface area contributed by atoms with E-state index in [1.807, 2.05) is 86.6 Å². The highest BCUT2D eigenvalue weighted by atomic mass is 16.5. The van der Waals surface area contributed by atoms with Crippen molar-refractivity contribution in [1.82, 2.24) is 4.98 Å². The minimum Gasteiger partial charge on any atom is -0.382 e. The second kappa shape index (κ2) is 16.8. The molecule has 0 unspecified atom stereocenters. The molecule has 204 valence electrons. The summed E-state index contributed by atoms with van der Waals surface area (Å²) in [6.45, 7) is 20.5. The van der Waals surface area contributed by atoms with Gasteiger partial charge in [-0.05, 0) is 91.6 Å². The number of benzene rings is 1. The van der Waals surface area contributed by atoms with Crippen LogP contribution in [0.15, 0.2) is 42.7 Å². The van der Waals surface area contributed by atoms with Gasteiger partial charge in [0, 0.05) is 19.5 Å². The summed E-state index contributed by atoms with van der Waals surface area (Å²) in [4.78, 5) is 3.95. The number of pyridine rings is 1. The predicted octanol–water partition coefficient (Wildman–Crippen LogP) is 6.59. The Balaban J connectivity index is 0.000000541. The van der Waals surface area contributed by atoms with Crippen LogP contribution in [0.5, 0.6) is 0 Å². The lowest BCUT2D eigenvalue weighted by Gasteiger charge is -2.19. The maximum atomic E-state index is 8.70. The van der Waals surface area contributed by atoms with Gasteiger partial charge in [0.15, 0.2) is 0 Å². The Morgan fingerprint density at radius 3 is 1.68 bits per heavy atom. The predicted molar refractivity (Wildman–Crippen MR) is 147 cm³/mol. The first-order chi connectivity index (χ1) is 17.1. The normalized spacial score (nSPS) is 11.2. The van der Waals surface area contributed by atoms with Crippen LogP contribution in [0, 0.1) is 22.7 Å². The van der Waals surface area contributed by atoms with Crippen molar-refractivity contribution >= 4 is 0 Å². The van der Waals surface area contributed by atoms with Gasteiger partial charge in [-0.1, -0.05) is 12.1 Å². The van der Waals surface area contributed by atoms with Crippen LogP contribution in [-0.4, -0.2) is 42.1 Å². The van der Waals surface area contributed by atoms with Gasteiger partial charge in [-0.15, -0.1) is 0 Å². The van der Waals surface area contributed by atoms with Crippen LogP contribution < -0.4 is 0 Å². The molecular formula is C30H45N3O4. The van der Waals surface area contributed by atoms with Gasteiger partial charge in [0.2, 0.25) is 0 Å². The largest absolute Gasteiger partial charge is 0.382 e. The van der Waals surface area contributed by atoms with E-state index in [0.29, 0.717) is 37.6 Å². The number of aromatic nitrogens is 1. The van der Waals surface area contributed by atoms with Crippen molar-refractivity contribution in [3.8, 4) is 12.1 Å². The van der Waals surface area contributed by atoms with Crippen LogP contribution in [0.3, 0.4) is 0 Å². The van der Waals surface area contributed by atoms with E-state index in [2.05, 4.69) is 11.1 Å². The zero-order valence-corrected chi connectivity index (χ0v) is 24.3. The van der Waals surface area contributed by atoms with Crippen LogP contribution in [0.1, 0.15) is 84.6 Å². The van der Waals surface area contributed by atoms with Gasteiger partial charge in [-0.2, -0.15) is 10.5 Å². The Labute approximate surface area is 224 Å². The van der Waals surface area contributed by atoms with Crippen LogP contribution in [0.25, 0.3) is 0 Å². The van der Waals surface area contributed by atoms with Gasteiger partial charge in [0.1, 0.15) is 6.07 Å². The zero-order chi connectivity index (χ0) is 28.5. The van der Waals surface area contributed by atoms with Crippen LogP contribution in [0.4, 0.5) is 0 Å². The molecule has 37 heavy (non-hydrogen) atoms. The number of nitriles is 2. The van der Waals surface area contributed by atoms with Crippen molar-refractivity contribution < 1.29 is 18.9 Å². The Morgan fingerprint density at radius 1 is 0.676 bits per heavy atom. The first kappa shape index (κ1) is 34.2. The van der Waals surface area contributed by atoms with Gasteiger partial charge in [-0.3, -0.25) is 4.98 Å². The van der Waals surface area contributed by atoms with Crippen molar-refractivity contribution in [2.75, 3.05) is 20.3 Å². The third kappa shape index (κ3) is 21.0. The van der Waals surface area contributed by atoms with Gasteiger partial charge >= 0.3 is 0 Å². The molecule has 0 aliphatic heterocycles. The van der Waals surface area contributed by atoms with Crippen LogP contribution >= 0.6 is 0 Å². The first-order valence-corrected chi connectivity index (χ1v) is 12.3. The molecular weight excluding hydrogens is 466 g/mol. The number of methoxy groups -OCH3 is 1. The van der Waals surface area contributed by atoms with E-state index in [9.17, 15) is 0 Å². The summed E-state index contributed by atoms with van der Waals surface area (Å²) in [5.41, 5.74) is 2.89. The number of nitrogens with zero attached hydrogens (tertiary/aromatic N) is 3. The third-order valence-corrected chi connectivity index (χ3v) is 4.15. The molecule has 0 amide bonds.